The Morgan fingerprint density at radius 3 is 2.52 bits per heavy atom. The fourth-order valence-electron chi connectivity index (χ4n) is 3.98. The molecule has 1 aromatic carbocycles. The Kier molecular flexibility index (Phi) is 5.41. The van der Waals surface area contributed by atoms with Crippen molar-refractivity contribution in [1.29, 1.82) is 0 Å². The van der Waals surface area contributed by atoms with E-state index in [0.29, 0.717) is 0 Å². The van der Waals surface area contributed by atoms with Crippen molar-refractivity contribution in [2.75, 3.05) is 39.8 Å². The number of benzene rings is 1. The molecule has 0 saturated carbocycles. The number of carbonyl (C=O) groups excluding carboxylic acids is 1. The maximum absolute atomic E-state index is 13.0. The minimum absolute atomic E-state index is 0. The van der Waals surface area contributed by atoms with E-state index in [9.17, 15) is 4.79 Å². The third kappa shape index (κ3) is 3.43. The lowest BCUT2D eigenvalue weighted by Gasteiger charge is -2.38. The molecule has 2 aliphatic heterocycles. The molecule has 2 aromatic rings. The Labute approximate surface area is 156 Å². The van der Waals surface area contributed by atoms with Gasteiger partial charge in [0.15, 0.2) is 0 Å². The summed E-state index contributed by atoms with van der Waals surface area (Å²) < 4.78 is 2.36. The fraction of sp³-hybridized carbons (Fsp3) is 0.526. The number of likely N-dealkylation sites (N-methyl/N-ethyl adjacent to an activating group) is 1. The van der Waals surface area contributed by atoms with E-state index >= 15 is 0 Å². The lowest BCUT2D eigenvalue weighted by molar-refractivity contribution is -0.138. The van der Waals surface area contributed by atoms with Gasteiger partial charge in [-0.25, -0.2) is 0 Å². The van der Waals surface area contributed by atoms with Gasteiger partial charge in [0, 0.05) is 50.5 Å². The fourth-order valence-corrected chi connectivity index (χ4v) is 3.98. The Bertz CT molecular complexity index is 751. The molecular weight excluding hydrogens is 332 g/mol. The molecule has 1 fully saturated rings. The van der Waals surface area contributed by atoms with Gasteiger partial charge in [0.25, 0.3) is 0 Å². The van der Waals surface area contributed by atoms with Gasteiger partial charge >= 0.3 is 0 Å². The van der Waals surface area contributed by atoms with Crippen LogP contribution in [0.15, 0.2) is 30.3 Å². The molecule has 136 valence electrons. The molecule has 0 aliphatic carbocycles. The molecule has 1 aromatic heterocycles. The van der Waals surface area contributed by atoms with Crippen LogP contribution < -0.4 is 0 Å². The number of para-hydroxylation sites is 1. The SMILES string of the molecule is C[C@@H](C(=O)N1CCn2c(cc3ccccc32)C1)N1CCN(C)CC1.S. The zero-order valence-electron chi connectivity index (χ0n) is 15.1. The van der Waals surface area contributed by atoms with Crippen molar-refractivity contribution >= 4 is 30.3 Å². The molecule has 0 unspecified atom stereocenters. The summed E-state index contributed by atoms with van der Waals surface area (Å²) in [5.41, 5.74) is 2.54. The summed E-state index contributed by atoms with van der Waals surface area (Å²) in [6, 6.07) is 10.7. The molecule has 25 heavy (non-hydrogen) atoms. The summed E-state index contributed by atoms with van der Waals surface area (Å²) in [4.78, 5) is 19.7. The molecule has 0 N–H and O–H groups in total. The second-order valence-electron chi connectivity index (χ2n) is 7.12. The quantitative estimate of drug-likeness (QED) is 0.818. The van der Waals surface area contributed by atoms with Gasteiger partial charge in [0.2, 0.25) is 5.91 Å². The number of fused-ring (bicyclic) bond motifs is 3. The Morgan fingerprint density at radius 1 is 1.04 bits per heavy atom. The van der Waals surface area contributed by atoms with Crippen LogP contribution in [0, 0.1) is 0 Å². The summed E-state index contributed by atoms with van der Waals surface area (Å²) >= 11 is 0. The second-order valence-corrected chi connectivity index (χ2v) is 7.12. The number of aromatic nitrogens is 1. The molecule has 1 saturated heterocycles. The lowest BCUT2D eigenvalue weighted by Crippen LogP contribution is -2.54. The average Bonchev–Trinajstić information content (AvgIpc) is 2.99. The van der Waals surface area contributed by atoms with Crippen LogP contribution in [0.4, 0.5) is 0 Å². The number of hydrogen-bond donors (Lipinski definition) is 0. The number of carbonyl (C=O) groups is 1. The molecule has 3 heterocycles. The maximum Gasteiger partial charge on any atom is 0.240 e. The summed E-state index contributed by atoms with van der Waals surface area (Å²) in [6.07, 6.45) is 0. The summed E-state index contributed by atoms with van der Waals surface area (Å²) in [5, 5.41) is 1.27. The number of rotatable bonds is 2. The minimum atomic E-state index is -0.0189. The van der Waals surface area contributed by atoms with E-state index in [1.807, 2.05) is 4.90 Å². The minimum Gasteiger partial charge on any atom is -0.341 e. The first-order valence-corrected chi connectivity index (χ1v) is 8.92. The highest BCUT2D eigenvalue weighted by Gasteiger charge is 2.30. The van der Waals surface area contributed by atoms with Crippen molar-refractivity contribution < 1.29 is 4.79 Å². The van der Waals surface area contributed by atoms with E-state index in [4.69, 9.17) is 0 Å². The first kappa shape index (κ1) is 18.3. The van der Waals surface area contributed by atoms with Crippen LogP contribution in [-0.4, -0.2) is 71.0 Å². The molecule has 6 heteroatoms. The van der Waals surface area contributed by atoms with Crippen molar-refractivity contribution in [3.63, 3.8) is 0 Å². The predicted molar refractivity (Wildman–Crippen MR) is 106 cm³/mol. The monoisotopic (exact) mass is 360 g/mol. The van der Waals surface area contributed by atoms with Crippen LogP contribution in [0.25, 0.3) is 10.9 Å². The molecule has 0 spiro atoms. The Morgan fingerprint density at radius 2 is 1.76 bits per heavy atom. The van der Waals surface area contributed by atoms with Gasteiger partial charge in [-0.1, -0.05) is 18.2 Å². The average molecular weight is 361 g/mol. The summed E-state index contributed by atoms with van der Waals surface area (Å²) in [7, 11) is 2.15. The molecule has 1 amide bonds. The summed E-state index contributed by atoms with van der Waals surface area (Å²) in [5.74, 6) is 0.274. The number of piperazine rings is 1. The third-order valence-corrected chi connectivity index (χ3v) is 5.60. The standard InChI is InChI=1S/C19H26N4O.H2S/c1-15(21-9-7-20(2)8-10-21)19(24)22-11-12-23-17(14-22)13-16-5-3-4-6-18(16)23;/h3-6,13,15H,7-12,14H2,1-2H3;1H2/t15-;/m0./s1. The van der Waals surface area contributed by atoms with E-state index in [1.54, 1.807) is 0 Å². The van der Waals surface area contributed by atoms with Crippen molar-refractivity contribution in [3.8, 4) is 0 Å². The van der Waals surface area contributed by atoms with Crippen molar-refractivity contribution in [3.05, 3.63) is 36.0 Å². The molecule has 5 nitrogen and oxygen atoms in total. The molecular formula is C19H28N4OS. The van der Waals surface area contributed by atoms with Crippen LogP contribution >= 0.6 is 13.5 Å². The summed E-state index contributed by atoms with van der Waals surface area (Å²) in [6.45, 7) is 8.56. The van der Waals surface area contributed by atoms with E-state index in [1.165, 1.54) is 16.6 Å². The van der Waals surface area contributed by atoms with Gasteiger partial charge < -0.3 is 14.4 Å². The van der Waals surface area contributed by atoms with Gasteiger partial charge in [-0.05, 0) is 31.5 Å². The van der Waals surface area contributed by atoms with Crippen molar-refractivity contribution in [1.82, 2.24) is 19.3 Å². The van der Waals surface area contributed by atoms with Gasteiger partial charge in [-0.15, -0.1) is 0 Å². The van der Waals surface area contributed by atoms with Crippen molar-refractivity contribution in [2.24, 2.45) is 0 Å². The maximum atomic E-state index is 13.0. The van der Waals surface area contributed by atoms with Gasteiger partial charge in [0.05, 0.1) is 12.6 Å². The highest BCUT2D eigenvalue weighted by molar-refractivity contribution is 7.59. The van der Waals surface area contributed by atoms with E-state index in [-0.39, 0.29) is 25.4 Å². The van der Waals surface area contributed by atoms with Crippen LogP contribution in [0.5, 0.6) is 0 Å². The smallest absolute Gasteiger partial charge is 0.240 e. The number of hydrogen-bond acceptors (Lipinski definition) is 3. The van der Waals surface area contributed by atoms with Crippen molar-refractivity contribution in [2.45, 2.75) is 26.1 Å². The second kappa shape index (κ2) is 7.40. The lowest BCUT2D eigenvalue weighted by atomic mass is 10.2. The first-order valence-electron chi connectivity index (χ1n) is 8.92. The Balaban J connectivity index is 0.00000182. The largest absolute Gasteiger partial charge is 0.341 e. The molecule has 0 bridgehead atoms. The van der Waals surface area contributed by atoms with Crippen LogP contribution in [0.1, 0.15) is 12.6 Å². The van der Waals surface area contributed by atoms with Gasteiger partial charge in [-0.2, -0.15) is 13.5 Å². The molecule has 2 aliphatic rings. The number of amides is 1. The zero-order valence-corrected chi connectivity index (χ0v) is 16.1. The van der Waals surface area contributed by atoms with E-state index < -0.39 is 0 Å². The highest BCUT2D eigenvalue weighted by atomic mass is 32.1. The molecule has 0 radical (unpaired) electrons. The molecule has 4 rings (SSSR count). The highest BCUT2D eigenvalue weighted by Crippen LogP contribution is 2.24. The van der Waals surface area contributed by atoms with Crippen LogP contribution in [0.2, 0.25) is 0 Å². The van der Waals surface area contributed by atoms with E-state index in [2.05, 4.69) is 58.7 Å². The first-order chi connectivity index (χ1) is 11.6. The van der Waals surface area contributed by atoms with E-state index in [0.717, 1.165) is 45.8 Å². The predicted octanol–water partition coefficient (Wildman–Crippen LogP) is 1.73. The number of nitrogens with zero attached hydrogens (tertiary/aromatic N) is 4. The zero-order chi connectivity index (χ0) is 16.7. The topological polar surface area (TPSA) is 31.7 Å². The normalized spacial score (nSPS) is 20.2. The van der Waals surface area contributed by atoms with Gasteiger partial charge in [-0.3, -0.25) is 9.69 Å². The third-order valence-electron chi connectivity index (χ3n) is 5.60. The van der Waals surface area contributed by atoms with Crippen LogP contribution in [-0.2, 0) is 17.9 Å². The Hall–Kier alpha value is -1.50. The van der Waals surface area contributed by atoms with Gasteiger partial charge in [0.1, 0.15) is 0 Å². The van der Waals surface area contributed by atoms with Crippen LogP contribution in [0.3, 0.4) is 0 Å². The molecule has 1 atom stereocenters.